The third kappa shape index (κ3) is 4.90. The van der Waals surface area contributed by atoms with Gasteiger partial charge < -0.3 is 10.6 Å². The predicted molar refractivity (Wildman–Crippen MR) is 109 cm³/mol. The van der Waals surface area contributed by atoms with E-state index in [0.29, 0.717) is 5.92 Å². The number of rotatable bonds is 5. The summed E-state index contributed by atoms with van der Waals surface area (Å²) in [4.78, 5) is 10.2. The minimum absolute atomic E-state index is 0.230. The maximum atomic E-state index is 13.1. The molecule has 1 aromatic carbocycles. The van der Waals surface area contributed by atoms with E-state index in [1.807, 2.05) is 18.3 Å². The molecule has 0 aliphatic carbocycles. The molecule has 1 aliphatic heterocycles. The topological polar surface area (TPSA) is 49.8 Å². The predicted octanol–water partition coefficient (Wildman–Crippen LogP) is 5.02. The summed E-state index contributed by atoms with van der Waals surface area (Å²) in [6.07, 6.45) is 6.55. The average molecular weight is 383 g/mol. The Kier molecular flexibility index (Phi) is 5.75. The van der Waals surface area contributed by atoms with Gasteiger partial charge in [-0.05, 0) is 74.5 Å². The summed E-state index contributed by atoms with van der Waals surface area (Å²) in [6.45, 7) is 2.24. The number of pyridine rings is 1. The molecule has 27 heavy (non-hydrogen) atoms. The van der Waals surface area contributed by atoms with Crippen molar-refractivity contribution < 1.29 is 4.39 Å². The van der Waals surface area contributed by atoms with Crippen LogP contribution in [-0.4, -0.2) is 23.1 Å². The zero-order valence-electron chi connectivity index (χ0n) is 15.1. The second-order valence-corrected chi connectivity index (χ2v) is 7.96. The highest BCUT2D eigenvalue weighted by Crippen LogP contribution is 2.30. The molecule has 2 aromatic heterocycles. The van der Waals surface area contributed by atoms with Gasteiger partial charge in [-0.25, -0.2) is 14.4 Å². The molecule has 0 bridgehead atoms. The molecule has 3 aromatic rings. The maximum Gasteiger partial charge on any atom is 0.188 e. The lowest BCUT2D eigenvalue weighted by atomic mass is 9.95. The molecule has 2 N–H and O–H groups in total. The molecule has 0 unspecified atom stereocenters. The Balaban J connectivity index is 1.43. The summed E-state index contributed by atoms with van der Waals surface area (Å²) in [5.41, 5.74) is 2.09. The Morgan fingerprint density at radius 2 is 2.00 bits per heavy atom. The van der Waals surface area contributed by atoms with Gasteiger partial charge in [0, 0.05) is 11.9 Å². The van der Waals surface area contributed by atoms with Crippen molar-refractivity contribution in [2.24, 2.45) is 5.92 Å². The number of hydrogen-bond acceptors (Lipinski definition) is 5. The fourth-order valence-corrected chi connectivity index (χ4v) is 4.27. The number of benzene rings is 1. The maximum absolute atomic E-state index is 13.1. The Labute approximate surface area is 162 Å². The van der Waals surface area contributed by atoms with Crippen molar-refractivity contribution in [3.8, 4) is 10.4 Å². The summed E-state index contributed by atoms with van der Waals surface area (Å²) in [7, 11) is 0. The highest BCUT2D eigenvalue weighted by molar-refractivity contribution is 7.18. The monoisotopic (exact) mass is 382 g/mol. The second-order valence-electron chi connectivity index (χ2n) is 6.93. The first-order valence-corrected chi connectivity index (χ1v) is 10.2. The zero-order valence-corrected chi connectivity index (χ0v) is 15.9. The first-order chi connectivity index (χ1) is 13.3. The number of hydrogen-bond donors (Lipinski definition) is 2. The molecular weight excluding hydrogens is 359 g/mol. The lowest BCUT2D eigenvalue weighted by Gasteiger charge is -2.13. The van der Waals surface area contributed by atoms with Gasteiger partial charge in [-0.2, -0.15) is 0 Å². The minimum atomic E-state index is -0.230. The quantitative estimate of drug-likeness (QED) is 0.650. The van der Waals surface area contributed by atoms with Crippen LogP contribution in [-0.2, 0) is 6.42 Å². The Morgan fingerprint density at radius 1 is 1.11 bits per heavy atom. The molecule has 0 saturated carbocycles. The molecule has 0 radical (unpaired) electrons. The SMILES string of the molecule is Fc1ccc(-c2cnc(Nc3cccc(C[C@@H]4CCCNCC4)n3)s2)cc1. The highest BCUT2D eigenvalue weighted by atomic mass is 32.1. The van der Waals surface area contributed by atoms with Crippen LogP contribution in [0.2, 0.25) is 0 Å². The molecule has 4 nitrogen and oxygen atoms in total. The van der Waals surface area contributed by atoms with Gasteiger partial charge in [0.2, 0.25) is 0 Å². The van der Waals surface area contributed by atoms with Crippen molar-refractivity contribution in [3.05, 3.63) is 60.2 Å². The van der Waals surface area contributed by atoms with Crippen molar-refractivity contribution in [3.63, 3.8) is 0 Å². The van der Waals surface area contributed by atoms with Gasteiger partial charge in [0.15, 0.2) is 5.13 Å². The second kappa shape index (κ2) is 8.59. The molecule has 1 atom stereocenters. The molecule has 0 amide bonds. The van der Waals surface area contributed by atoms with Gasteiger partial charge >= 0.3 is 0 Å². The Bertz CT molecular complexity index is 870. The van der Waals surface area contributed by atoms with Crippen LogP contribution in [0.4, 0.5) is 15.3 Å². The molecular formula is C21H23FN4S. The van der Waals surface area contributed by atoms with E-state index in [0.717, 1.165) is 46.6 Å². The smallest absolute Gasteiger partial charge is 0.188 e. The van der Waals surface area contributed by atoms with E-state index in [2.05, 4.69) is 21.7 Å². The first kappa shape index (κ1) is 18.1. The number of anilines is 2. The van der Waals surface area contributed by atoms with E-state index < -0.39 is 0 Å². The summed E-state index contributed by atoms with van der Waals surface area (Å²) < 4.78 is 13.1. The zero-order chi connectivity index (χ0) is 18.5. The molecule has 0 spiro atoms. The van der Waals surface area contributed by atoms with E-state index in [-0.39, 0.29) is 5.82 Å². The number of halogens is 1. The standard InChI is InChI=1S/C21H23FN4S/c22-17-8-6-16(7-9-17)19-14-24-21(27-19)26-20-5-1-4-18(25-20)13-15-3-2-11-23-12-10-15/h1,4-9,14-15,23H,2-3,10-13H2,(H,24,25,26)/t15-/m1/s1. The fourth-order valence-electron chi connectivity index (χ4n) is 3.44. The van der Waals surface area contributed by atoms with E-state index >= 15 is 0 Å². The summed E-state index contributed by atoms with van der Waals surface area (Å²) in [6, 6.07) is 12.6. The van der Waals surface area contributed by atoms with Crippen molar-refractivity contribution in [1.29, 1.82) is 0 Å². The van der Waals surface area contributed by atoms with Crippen LogP contribution in [0.1, 0.15) is 25.0 Å². The third-order valence-corrected chi connectivity index (χ3v) is 5.83. The van der Waals surface area contributed by atoms with Crippen LogP contribution in [0.5, 0.6) is 0 Å². The molecule has 4 rings (SSSR count). The van der Waals surface area contributed by atoms with Crippen LogP contribution in [0.3, 0.4) is 0 Å². The molecule has 6 heteroatoms. The lowest BCUT2D eigenvalue weighted by Crippen LogP contribution is -2.14. The molecule has 1 saturated heterocycles. The van der Waals surface area contributed by atoms with E-state index in [9.17, 15) is 4.39 Å². The molecule has 3 heterocycles. The van der Waals surface area contributed by atoms with Gasteiger partial charge in [0.05, 0.1) is 4.88 Å². The Morgan fingerprint density at radius 3 is 2.89 bits per heavy atom. The molecule has 140 valence electrons. The van der Waals surface area contributed by atoms with Gasteiger partial charge in [-0.15, -0.1) is 0 Å². The van der Waals surface area contributed by atoms with Crippen molar-refractivity contribution in [2.75, 3.05) is 18.4 Å². The Hall–Kier alpha value is -2.31. The van der Waals surface area contributed by atoms with E-state index in [4.69, 9.17) is 4.98 Å². The van der Waals surface area contributed by atoms with E-state index in [1.165, 1.54) is 42.7 Å². The average Bonchev–Trinajstić information content (AvgIpc) is 2.98. The third-order valence-electron chi connectivity index (χ3n) is 4.87. The summed E-state index contributed by atoms with van der Waals surface area (Å²) in [5, 5.41) is 7.56. The number of nitrogens with one attached hydrogen (secondary N) is 2. The van der Waals surface area contributed by atoms with Gasteiger partial charge in [-0.3, -0.25) is 0 Å². The molecule has 1 fully saturated rings. The van der Waals surface area contributed by atoms with Gasteiger partial charge in [-0.1, -0.05) is 29.5 Å². The van der Waals surface area contributed by atoms with Crippen molar-refractivity contribution in [2.45, 2.75) is 25.7 Å². The normalized spacial score (nSPS) is 17.4. The van der Waals surface area contributed by atoms with E-state index in [1.54, 1.807) is 12.1 Å². The minimum Gasteiger partial charge on any atom is -0.317 e. The lowest BCUT2D eigenvalue weighted by molar-refractivity contribution is 0.465. The largest absolute Gasteiger partial charge is 0.317 e. The van der Waals surface area contributed by atoms with Crippen LogP contribution < -0.4 is 10.6 Å². The fraction of sp³-hybridized carbons (Fsp3) is 0.333. The van der Waals surface area contributed by atoms with Gasteiger partial charge in [0.1, 0.15) is 11.6 Å². The van der Waals surface area contributed by atoms with Crippen LogP contribution in [0.25, 0.3) is 10.4 Å². The highest BCUT2D eigenvalue weighted by Gasteiger charge is 2.13. The van der Waals surface area contributed by atoms with Crippen molar-refractivity contribution in [1.82, 2.24) is 15.3 Å². The summed E-state index contributed by atoms with van der Waals surface area (Å²) >= 11 is 1.54. The number of nitrogens with zero attached hydrogens (tertiary/aromatic N) is 2. The number of thiazole rings is 1. The molecule has 1 aliphatic rings. The van der Waals surface area contributed by atoms with Crippen molar-refractivity contribution >= 4 is 22.3 Å². The first-order valence-electron chi connectivity index (χ1n) is 9.42. The number of aromatic nitrogens is 2. The van der Waals surface area contributed by atoms with Crippen LogP contribution >= 0.6 is 11.3 Å². The van der Waals surface area contributed by atoms with Crippen LogP contribution in [0, 0.1) is 11.7 Å². The van der Waals surface area contributed by atoms with Crippen LogP contribution in [0.15, 0.2) is 48.7 Å². The van der Waals surface area contributed by atoms with Gasteiger partial charge in [0.25, 0.3) is 0 Å². The summed E-state index contributed by atoms with van der Waals surface area (Å²) in [5.74, 6) is 1.29.